The smallest absolute Gasteiger partial charge is 0.328 e. The van der Waals surface area contributed by atoms with Gasteiger partial charge in [0.1, 0.15) is 5.67 Å². The molecule has 2 aliphatic carbocycles. The molecule has 26 heavy (non-hydrogen) atoms. The van der Waals surface area contributed by atoms with Crippen molar-refractivity contribution in [3.63, 3.8) is 0 Å². The van der Waals surface area contributed by atoms with E-state index in [0.29, 0.717) is 24.2 Å². The maximum Gasteiger partial charge on any atom is 0.471 e. The van der Waals surface area contributed by atoms with Gasteiger partial charge >= 0.3 is 12.1 Å². The van der Waals surface area contributed by atoms with Gasteiger partial charge in [0.2, 0.25) is 0 Å². The largest absolute Gasteiger partial charge is 0.471 e. The highest BCUT2D eigenvalue weighted by atomic mass is 35.5. The van der Waals surface area contributed by atoms with Crippen molar-refractivity contribution in [3.05, 3.63) is 35.9 Å². The van der Waals surface area contributed by atoms with Gasteiger partial charge in [0, 0.05) is 18.0 Å². The van der Waals surface area contributed by atoms with Crippen LogP contribution in [0.2, 0.25) is 0 Å². The van der Waals surface area contributed by atoms with E-state index in [-0.39, 0.29) is 37.2 Å². The zero-order valence-corrected chi connectivity index (χ0v) is 15.0. The first kappa shape index (κ1) is 21.0. The van der Waals surface area contributed by atoms with Crippen molar-refractivity contribution in [3.8, 4) is 0 Å². The fraction of sp³-hybridized carbons (Fsp3) is 0.611. The van der Waals surface area contributed by atoms with Crippen LogP contribution in [0.4, 0.5) is 17.6 Å². The number of alkyl halides is 4. The molecule has 2 aliphatic rings. The molecule has 3 rings (SSSR count). The molecule has 0 bridgehead atoms. The number of nitrogens with zero attached hydrogens (tertiary/aromatic N) is 1. The van der Waals surface area contributed by atoms with Crippen molar-refractivity contribution < 1.29 is 22.4 Å². The Bertz CT molecular complexity index is 617. The summed E-state index contributed by atoms with van der Waals surface area (Å²) in [5.41, 5.74) is 4.85. The molecule has 2 saturated carbocycles. The number of hydrogen-bond donors (Lipinski definition) is 1. The van der Waals surface area contributed by atoms with Crippen molar-refractivity contribution in [2.45, 2.75) is 62.0 Å². The molecule has 0 aliphatic heterocycles. The van der Waals surface area contributed by atoms with Crippen LogP contribution in [-0.4, -0.2) is 41.3 Å². The molecule has 0 heterocycles. The molecule has 2 N–H and O–H groups in total. The Morgan fingerprint density at radius 1 is 1.19 bits per heavy atom. The third-order valence-electron chi connectivity index (χ3n) is 5.27. The summed E-state index contributed by atoms with van der Waals surface area (Å²) >= 11 is 0. The number of benzene rings is 1. The molecule has 2 atom stereocenters. The van der Waals surface area contributed by atoms with E-state index in [0.717, 1.165) is 5.56 Å². The van der Waals surface area contributed by atoms with Crippen LogP contribution in [0.3, 0.4) is 0 Å². The van der Waals surface area contributed by atoms with E-state index >= 15 is 4.39 Å². The van der Waals surface area contributed by atoms with Crippen LogP contribution >= 0.6 is 12.4 Å². The van der Waals surface area contributed by atoms with Gasteiger partial charge in [-0.1, -0.05) is 30.3 Å². The zero-order chi connectivity index (χ0) is 18.2. The van der Waals surface area contributed by atoms with Gasteiger partial charge in [0.15, 0.2) is 0 Å². The van der Waals surface area contributed by atoms with Gasteiger partial charge in [-0.15, -0.1) is 12.4 Å². The second kappa shape index (κ2) is 7.72. The minimum atomic E-state index is -4.99. The van der Waals surface area contributed by atoms with Gasteiger partial charge < -0.3 is 10.6 Å². The van der Waals surface area contributed by atoms with E-state index in [1.165, 1.54) is 0 Å². The molecule has 0 saturated heterocycles. The van der Waals surface area contributed by atoms with Crippen molar-refractivity contribution in [2.75, 3.05) is 6.54 Å². The first-order valence-corrected chi connectivity index (χ1v) is 8.57. The average Bonchev–Trinajstić information content (AvgIpc) is 3.36. The van der Waals surface area contributed by atoms with Crippen molar-refractivity contribution in [1.82, 2.24) is 4.90 Å². The SMILES string of the molecule is Cl.NC1CCC(F)(CN(C(=O)C(F)(F)F)C2CC2c2ccccc2)CC1. The maximum absolute atomic E-state index is 15.0. The molecule has 2 fully saturated rings. The lowest BCUT2D eigenvalue weighted by molar-refractivity contribution is -0.188. The quantitative estimate of drug-likeness (QED) is 0.785. The Kier molecular flexibility index (Phi) is 6.23. The molecule has 1 amide bonds. The van der Waals surface area contributed by atoms with Crippen LogP contribution in [-0.2, 0) is 4.79 Å². The lowest BCUT2D eigenvalue weighted by Gasteiger charge is -2.37. The van der Waals surface area contributed by atoms with Gasteiger partial charge in [0.05, 0.1) is 6.54 Å². The molecule has 8 heteroatoms. The van der Waals surface area contributed by atoms with E-state index < -0.39 is 30.3 Å². The Balaban J connectivity index is 0.00000243. The highest BCUT2D eigenvalue weighted by Crippen LogP contribution is 2.47. The fourth-order valence-corrected chi connectivity index (χ4v) is 3.71. The number of rotatable bonds is 4. The van der Waals surface area contributed by atoms with Crippen LogP contribution in [0.1, 0.15) is 43.6 Å². The molecule has 146 valence electrons. The first-order valence-electron chi connectivity index (χ1n) is 8.57. The Morgan fingerprint density at radius 2 is 1.77 bits per heavy atom. The molecule has 1 aromatic rings. The number of hydrogen-bond acceptors (Lipinski definition) is 2. The minimum absolute atomic E-state index is 0. The van der Waals surface area contributed by atoms with Crippen LogP contribution in [0.15, 0.2) is 30.3 Å². The molecule has 1 aromatic carbocycles. The Hall–Kier alpha value is -1.34. The van der Waals surface area contributed by atoms with Crippen molar-refractivity contribution in [2.24, 2.45) is 5.73 Å². The normalized spacial score (nSPS) is 31.0. The van der Waals surface area contributed by atoms with Crippen LogP contribution in [0, 0.1) is 0 Å². The molecular weight excluding hydrogens is 372 g/mol. The van der Waals surface area contributed by atoms with Crippen LogP contribution in [0.5, 0.6) is 0 Å². The third kappa shape index (κ3) is 4.68. The molecule has 3 nitrogen and oxygen atoms in total. The summed E-state index contributed by atoms with van der Waals surface area (Å²) in [6.07, 6.45) is -3.52. The second-order valence-electron chi connectivity index (χ2n) is 7.24. The highest BCUT2D eigenvalue weighted by Gasteiger charge is 2.54. The number of halogens is 5. The summed E-state index contributed by atoms with van der Waals surface area (Å²) in [6.45, 7) is -0.508. The van der Waals surface area contributed by atoms with Crippen molar-refractivity contribution in [1.29, 1.82) is 0 Å². The molecule has 0 spiro atoms. The van der Waals surface area contributed by atoms with Gasteiger partial charge in [-0.3, -0.25) is 4.79 Å². The van der Waals surface area contributed by atoms with E-state index in [9.17, 15) is 18.0 Å². The highest BCUT2D eigenvalue weighted by molar-refractivity contribution is 5.85. The van der Waals surface area contributed by atoms with E-state index in [2.05, 4.69) is 0 Å². The molecule has 0 aromatic heterocycles. The number of carbonyl (C=O) groups excluding carboxylic acids is 1. The third-order valence-corrected chi connectivity index (χ3v) is 5.27. The van der Waals surface area contributed by atoms with Gasteiger partial charge in [-0.25, -0.2) is 4.39 Å². The summed E-state index contributed by atoms with van der Waals surface area (Å²) in [6, 6.07) is 8.37. The monoisotopic (exact) mass is 394 g/mol. The Morgan fingerprint density at radius 3 is 2.31 bits per heavy atom. The lowest BCUT2D eigenvalue weighted by atomic mass is 9.83. The van der Waals surface area contributed by atoms with E-state index in [1.54, 1.807) is 12.1 Å². The standard InChI is InChI=1S/C18H22F4N2O.ClH/c19-17(8-6-13(23)7-9-17)11-24(16(25)18(20,21)22)15-10-14(15)12-4-2-1-3-5-12;/h1-5,13-15H,6-11,23H2;1H. The summed E-state index contributed by atoms with van der Waals surface area (Å²) in [7, 11) is 0. The molecular formula is C18H23ClF4N2O. The van der Waals surface area contributed by atoms with Gasteiger partial charge in [-0.05, 0) is 37.7 Å². The average molecular weight is 395 g/mol. The second-order valence-corrected chi connectivity index (χ2v) is 7.24. The van der Waals surface area contributed by atoms with E-state index in [4.69, 9.17) is 5.73 Å². The minimum Gasteiger partial charge on any atom is -0.328 e. The number of amides is 1. The number of carbonyl (C=O) groups is 1. The van der Waals surface area contributed by atoms with Gasteiger partial charge in [0.25, 0.3) is 0 Å². The van der Waals surface area contributed by atoms with E-state index in [1.807, 2.05) is 18.2 Å². The van der Waals surface area contributed by atoms with Crippen LogP contribution in [0.25, 0.3) is 0 Å². The van der Waals surface area contributed by atoms with Gasteiger partial charge in [-0.2, -0.15) is 13.2 Å². The lowest BCUT2D eigenvalue weighted by Crippen LogP contribution is -2.51. The Labute approximate surface area is 156 Å². The zero-order valence-electron chi connectivity index (χ0n) is 14.2. The predicted molar refractivity (Wildman–Crippen MR) is 92.9 cm³/mol. The summed E-state index contributed by atoms with van der Waals surface area (Å²) in [5.74, 6) is -2.11. The predicted octanol–water partition coefficient (Wildman–Crippen LogP) is 3.96. The number of nitrogens with two attached hydrogens (primary N) is 1. The molecule has 0 radical (unpaired) electrons. The summed E-state index contributed by atoms with van der Waals surface area (Å²) < 4.78 is 54.1. The van der Waals surface area contributed by atoms with Crippen LogP contribution < -0.4 is 5.73 Å². The summed E-state index contributed by atoms with van der Waals surface area (Å²) in [4.78, 5) is 12.6. The topological polar surface area (TPSA) is 46.3 Å². The fourth-order valence-electron chi connectivity index (χ4n) is 3.71. The maximum atomic E-state index is 15.0. The first-order chi connectivity index (χ1) is 11.7. The van der Waals surface area contributed by atoms with Crippen molar-refractivity contribution >= 4 is 18.3 Å². The molecule has 2 unspecified atom stereocenters. The summed E-state index contributed by atoms with van der Waals surface area (Å²) in [5, 5.41) is 0.